The Balaban J connectivity index is 2.19. The van der Waals surface area contributed by atoms with E-state index in [1.54, 1.807) is 0 Å². The summed E-state index contributed by atoms with van der Waals surface area (Å²) in [5, 5.41) is 0. The van der Waals surface area contributed by atoms with Gasteiger partial charge in [0.05, 0.1) is 0 Å². The SMILES string of the molecule is CC1C(N)CCN(CCCCN(C)C(C)C)C1C. The molecule has 0 bridgehead atoms. The van der Waals surface area contributed by atoms with Crippen molar-refractivity contribution in [2.75, 3.05) is 26.7 Å². The van der Waals surface area contributed by atoms with Crippen LogP contribution in [0, 0.1) is 5.92 Å². The lowest BCUT2D eigenvalue weighted by Gasteiger charge is -2.41. The van der Waals surface area contributed by atoms with E-state index in [0.717, 1.165) is 6.42 Å². The second-order valence-corrected chi connectivity index (χ2v) is 6.37. The Labute approximate surface area is 114 Å². The van der Waals surface area contributed by atoms with Crippen molar-refractivity contribution in [3.63, 3.8) is 0 Å². The first-order chi connectivity index (χ1) is 8.43. The average molecular weight is 255 g/mol. The quantitative estimate of drug-likeness (QED) is 0.738. The number of unbranched alkanes of at least 4 members (excludes halogenated alkanes) is 1. The molecule has 1 aliphatic rings. The van der Waals surface area contributed by atoms with Crippen LogP contribution >= 0.6 is 0 Å². The molecule has 0 aromatic rings. The molecule has 0 amide bonds. The maximum atomic E-state index is 6.13. The van der Waals surface area contributed by atoms with Gasteiger partial charge in [0, 0.05) is 18.1 Å². The molecule has 0 aliphatic carbocycles. The van der Waals surface area contributed by atoms with Gasteiger partial charge in [-0.2, -0.15) is 0 Å². The maximum absolute atomic E-state index is 6.13. The Kier molecular flexibility index (Phi) is 6.61. The van der Waals surface area contributed by atoms with Crippen molar-refractivity contribution in [2.45, 2.75) is 65.1 Å². The summed E-state index contributed by atoms with van der Waals surface area (Å²) in [7, 11) is 2.22. The fourth-order valence-corrected chi connectivity index (χ4v) is 2.72. The van der Waals surface area contributed by atoms with Crippen molar-refractivity contribution in [2.24, 2.45) is 11.7 Å². The van der Waals surface area contributed by atoms with Gasteiger partial charge < -0.3 is 15.5 Å². The van der Waals surface area contributed by atoms with Gasteiger partial charge in [-0.1, -0.05) is 6.92 Å². The van der Waals surface area contributed by atoms with Crippen LogP contribution in [0.3, 0.4) is 0 Å². The third-order valence-corrected chi connectivity index (χ3v) is 4.85. The van der Waals surface area contributed by atoms with Crippen LogP contribution in [0.2, 0.25) is 0 Å². The molecular weight excluding hydrogens is 222 g/mol. The first-order valence-corrected chi connectivity index (χ1v) is 7.63. The molecule has 18 heavy (non-hydrogen) atoms. The number of hydrogen-bond donors (Lipinski definition) is 1. The van der Waals surface area contributed by atoms with Crippen LogP contribution in [-0.4, -0.2) is 54.6 Å². The summed E-state index contributed by atoms with van der Waals surface area (Å²) >= 11 is 0. The largest absolute Gasteiger partial charge is 0.327 e. The van der Waals surface area contributed by atoms with E-state index in [1.807, 2.05) is 0 Å². The number of rotatable bonds is 6. The number of nitrogens with zero attached hydrogens (tertiary/aromatic N) is 2. The zero-order valence-corrected chi connectivity index (χ0v) is 13.0. The topological polar surface area (TPSA) is 32.5 Å². The highest BCUT2D eigenvalue weighted by Gasteiger charge is 2.29. The van der Waals surface area contributed by atoms with E-state index >= 15 is 0 Å². The van der Waals surface area contributed by atoms with Gasteiger partial charge in [0.2, 0.25) is 0 Å². The summed E-state index contributed by atoms with van der Waals surface area (Å²) in [6.07, 6.45) is 3.78. The van der Waals surface area contributed by atoms with Crippen LogP contribution in [0.4, 0.5) is 0 Å². The van der Waals surface area contributed by atoms with E-state index in [-0.39, 0.29) is 0 Å². The van der Waals surface area contributed by atoms with Crippen molar-refractivity contribution in [3.8, 4) is 0 Å². The summed E-state index contributed by atoms with van der Waals surface area (Å²) in [6, 6.07) is 1.72. The zero-order valence-electron chi connectivity index (χ0n) is 13.0. The molecule has 3 heteroatoms. The normalized spacial score (nSPS) is 30.3. The molecule has 0 saturated carbocycles. The summed E-state index contributed by atoms with van der Waals surface area (Å²) in [5.74, 6) is 0.636. The highest BCUT2D eigenvalue weighted by molar-refractivity contribution is 4.86. The monoisotopic (exact) mass is 255 g/mol. The molecule has 1 aliphatic heterocycles. The minimum Gasteiger partial charge on any atom is -0.327 e. The molecule has 0 aromatic carbocycles. The molecule has 0 spiro atoms. The van der Waals surface area contributed by atoms with Crippen LogP contribution in [0.1, 0.15) is 47.0 Å². The second kappa shape index (κ2) is 7.46. The van der Waals surface area contributed by atoms with Crippen molar-refractivity contribution >= 4 is 0 Å². The van der Waals surface area contributed by atoms with Crippen molar-refractivity contribution < 1.29 is 0 Å². The van der Waals surface area contributed by atoms with Crippen LogP contribution in [-0.2, 0) is 0 Å². The van der Waals surface area contributed by atoms with Crippen LogP contribution in [0.25, 0.3) is 0 Å². The van der Waals surface area contributed by atoms with E-state index in [2.05, 4.69) is 44.5 Å². The Morgan fingerprint density at radius 1 is 1.28 bits per heavy atom. The Morgan fingerprint density at radius 2 is 1.94 bits per heavy atom. The summed E-state index contributed by atoms with van der Waals surface area (Å²) in [6.45, 7) is 12.8. The van der Waals surface area contributed by atoms with Gasteiger partial charge in [-0.3, -0.25) is 0 Å². The number of piperidine rings is 1. The number of likely N-dealkylation sites (tertiary alicyclic amines) is 1. The van der Waals surface area contributed by atoms with Crippen molar-refractivity contribution in [1.29, 1.82) is 0 Å². The molecule has 3 atom stereocenters. The Hall–Kier alpha value is -0.120. The smallest absolute Gasteiger partial charge is 0.0107 e. The number of hydrogen-bond acceptors (Lipinski definition) is 3. The van der Waals surface area contributed by atoms with E-state index < -0.39 is 0 Å². The minimum atomic E-state index is 0.406. The van der Waals surface area contributed by atoms with E-state index in [1.165, 1.54) is 32.5 Å². The molecule has 108 valence electrons. The lowest BCUT2D eigenvalue weighted by molar-refractivity contribution is 0.0950. The van der Waals surface area contributed by atoms with Crippen molar-refractivity contribution in [3.05, 3.63) is 0 Å². The van der Waals surface area contributed by atoms with Gasteiger partial charge in [0.25, 0.3) is 0 Å². The van der Waals surface area contributed by atoms with Gasteiger partial charge in [0.15, 0.2) is 0 Å². The van der Waals surface area contributed by atoms with Gasteiger partial charge in [-0.15, -0.1) is 0 Å². The standard InChI is InChI=1S/C15H33N3/c1-12(2)17(5)9-6-7-10-18-11-8-15(16)13(3)14(18)4/h12-15H,6-11,16H2,1-5H3. The van der Waals surface area contributed by atoms with Crippen LogP contribution < -0.4 is 5.73 Å². The Bertz CT molecular complexity index is 230. The fourth-order valence-electron chi connectivity index (χ4n) is 2.72. The predicted octanol–water partition coefficient (Wildman–Crippen LogP) is 2.16. The lowest BCUT2D eigenvalue weighted by Crippen LogP contribution is -2.51. The lowest BCUT2D eigenvalue weighted by atomic mass is 9.87. The summed E-state index contributed by atoms with van der Waals surface area (Å²) in [4.78, 5) is 5.06. The molecule has 3 unspecified atom stereocenters. The van der Waals surface area contributed by atoms with E-state index in [9.17, 15) is 0 Å². The molecular formula is C15H33N3. The highest BCUT2D eigenvalue weighted by Crippen LogP contribution is 2.22. The fraction of sp³-hybridized carbons (Fsp3) is 1.00. The molecule has 0 aromatic heterocycles. The molecule has 1 fully saturated rings. The summed E-state index contributed by atoms with van der Waals surface area (Å²) < 4.78 is 0. The van der Waals surface area contributed by atoms with Crippen LogP contribution in [0.5, 0.6) is 0 Å². The predicted molar refractivity (Wildman–Crippen MR) is 79.8 cm³/mol. The summed E-state index contributed by atoms with van der Waals surface area (Å²) in [5.41, 5.74) is 6.13. The van der Waals surface area contributed by atoms with E-state index in [0.29, 0.717) is 24.0 Å². The van der Waals surface area contributed by atoms with Gasteiger partial charge >= 0.3 is 0 Å². The van der Waals surface area contributed by atoms with Gasteiger partial charge in [-0.05, 0) is 72.6 Å². The average Bonchev–Trinajstić information content (AvgIpc) is 2.33. The van der Waals surface area contributed by atoms with E-state index in [4.69, 9.17) is 5.73 Å². The van der Waals surface area contributed by atoms with Gasteiger partial charge in [-0.25, -0.2) is 0 Å². The Morgan fingerprint density at radius 3 is 2.56 bits per heavy atom. The second-order valence-electron chi connectivity index (χ2n) is 6.37. The maximum Gasteiger partial charge on any atom is 0.0107 e. The molecule has 2 N–H and O–H groups in total. The molecule has 3 nitrogen and oxygen atoms in total. The molecule has 0 radical (unpaired) electrons. The van der Waals surface area contributed by atoms with Crippen molar-refractivity contribution in [1.82, 2.24) is 9.80 Å². The molecule has 1 rings (SSSR count). The third kappa shape index (κ3) is 4.52. The first-order valence-electron chi connectivity index (χ1n) is 7.63. The minimum absolute atomic E-state index is 0.406. The molecule has 1 saturated heterocycles. The third-order valence-electron chi connectivity index (χ3n) is 4.85. The first kappa shape index (κ1) is 15.9. The van der Waals surface area contributed by atoms with Gasteiger partial charge in [0.1, 0.15) is 0 Å². The van der Waals surface area contributed by atoms with Crippen LogP contribution in [0.15, 0.2) is 0 Å². The highest BCUT2D eigenvalue weighted by atomic mass is 15.2. The zero-order chi connectivity index (χ0) is 13.7. The molecule has 1 heterocycles. The number of nitrogens with two attached hydrogens (primary N) is 1.